The van der Waals surface area contributed by atoms with Gasteiger partial charge in [-0.1, -0.05) is 19.1 Å². The Morgan fingerprint density at radius 1 is 1.20 bits per heavy atom. The van der Waals surface area contributed by atoms with Gasteiger partial charge in [-0.2, -0.15) is 0 Å². The van der Waals surface area contributed by atoms with Crippen molar-refractivity contribution in [3.63, 3.8) is 0 Å². The van der Waals surface area contributed by atoms with Crippen molar-refractivity contribution in [3.8, 4) is 5.75 Å². The molecule has 1 aromatic heterocycles. The maximum atomic E-state index is 12.3. The Morgan fingerprint density at radius 2 is 1.84 bits per heavy atom. The zero-order chi connectivity index (χ0) is 18.2. The van der Waals surface area contributed by atoms with Crippen LogP contribution in [0.15, 0.2) is 36.7 Å². The Balaban J connectivity index is 2.05. The maximum absolute atomic E-state index is 12.3. The number of carbonyl (C=O) groups excluding carboxylic acids is 1. The molecule has 0 aliphatic heterocycles. The summed E-state index contributed by atoms with van der Waals surface area (Å²) >= 11 is 0. The largest absolute Gasteiger partial charge is 0.497 e. The van der Waals surface area contributed by atoms with Gasteiger partial charge in [-0.3, -0.25) is 0 Å². The fraction of sp³-hybridized carbons (Fsp3) is 0.389. The molecule has 0 saturated carbocycles. The van der Waals surface area contributed by atoms with E-state index in [0.717, 1.165) is 23.6 Å². The molecule has 2 rings (SSSR count). The lowest BCUT2D eigenvalue weighted by molar-refractivity contribution is 0.244. The van der Waals surface area contributed by atoms with Gasteiger partial charge in [0.25, 0.3) is 0 Å². The number of rotatable bonds is 7. The van der Waals surface area contributed by atoms with Gasteiger partial charge in [-0.25, -0.2) is 14.8 Å². The second kappa shape index (κ2) is 8.98. The minimum atomic E-state index is -0.296. The molecule has 1 aromatic carbocycles. The number of nitrogens with one attached hydrogen (secondary N) is 2. The van der Waals surface area contributed by atoms with E-state index in [1.54, 1.807) is 19.5 Å². The van der Waals surface area contributed by atoms with Crippen LogP contribution in [0.5, 0.6) is 5.75 Å². The molecule has 2 aromatic rings. The molecule has 25 heavy (non-hydrogen) atoms. The second-order valence-electron chi connectivity index (χ2n) is 5.93. The highest BCUT2D eigenvalue weighted by Gasteiger charge is 2.16. The van der Waals surface area contributed by atoms with Crippen LogP contribution in [-0.4, -0.2) is 48.6 Å². The number of aromatic nitrogens is 2. The van der Waals surface area contributed by atoms with Crippen LogP contribution in [0.1, 0.15) is 24.4 Å². The fourth-order valence-electron chi connectivity index (χ4n) is 2.36. The van der Waals surface area contributed by atoms with E-state index >= 15 is 0 Å². The van der Waals surface area contributed by atoms with Crippen LogP contribution in [0.2, 0.25) is 0 Å². The van der Waals surface area contributed by atoms with Gasteiger partial charge in [0, 0.05) is 13.0 Å². The molecule has 0 aliphatic carbocycles. The number of benzene rings is 1. The van der Waals surface area contributed by atoms with Gasteiger partial charge < -0.3 is 20.3 Å². The van der Waals surface area contributed by atoms with E-state index in [0.29, 0.717) is 12.2 Å². The van der Waals surface area contributed by atoms with E-state index in [9.17, 15) is 4.79 Å². The van der Waals surface area contributed by atoms with E-state index in [4.69, 9.17) is 4.74 Å². The summed E-state index contributed by atoms with van der Waals surface area (Å²) in [5, 5.41) is 5.76. The SMILES string of the molecule is CCc1ncc(NC(=O)NC(CN(C)C)c2ccc(OC)cc2)cn1. The minimum absolute atomic E-state index is 0.156. The number of ether oxygens (including phenoxy) is 1. The van der Waals surface area contributed by atoms with E-state index in [2.05, 4.69) is 20.6 Å². The van der Waals surface area contributed by atoms with Crippen LogP contribution in [0.4, 0.5) is 10.5 Å². The molecule has 2 N–H and O–H groups in total. The number of hydrogen-bond acceptors (Lipinski definition) is 5. The highest BCUT2D eigenvalue weighted by Crippen LogP contribution is 2.18. The van der Waals surface area contributed by atoms with Gasteiger partial charge in [-0.05, 0) is 31.8 Å². The Hall–Kier alpha value is -2.67. The van der Waals surface area contributed by atoms with Crippen molar-refractivity contribution in [1.29, 1.82) is 0 Å². The Morgan fingerprint density at radius 3 is 2.36 bits per heavy atom. The molecular formula is C18H25N5O2. The van der Waals surface area contributed by atoms with E-state index in [1.807, 2.05) is 50.2 Å². The number of hydrogen-bond donors (Lipinski definition) is 2. The lowest BCUT2D eigenvalue weighted by Gasteiger charge is -2.23. The first-order valence-corrected chi connectivity index (χ1v) is 8.19. The average molecular weight is 343 g/mol. The smallest absolute Gasteiger partial charge is 0.319 e. The summed E-state index contributed by atoms with van der Waals surface area (Å²) in [6.45, 7) is 2.65. The Bertz CT molecular complexity index is 671. The van der Waals surface area contributed by atoms with Crippen molar-refractivity contribution in [1.82, 2.24) is 20.2 Å². The summed E-state index contributed by atoms with van der Waals surface area (Å²) in [7, 11) is 5.56. The molecule has 2 amide bonds. The van der Waals surface area contributed by atoms with Crippen LogP contribution in [-0.2, 0) is 6.42 Å². The number of anilines is 1. The van der Waals surface area contributed by atoms with Gasteiger partial charge in [-0.15, -0.1) is 0 Å². The molecule has 134 valence electrons. The first kappa shape index (κ1) is 18.7. The third-order valence-electron chi connectivity index (χ3n) is 3.65. The summed E-state index contributed by atoms with van der Waals surface area (Å²) < 4.78 is 5.18. The molecular weight excluding hydrogens is 318 g/mol. The zero-order valence-corrected chi connectivity index (χ0v) is 15.1. The van der Waals surface area contributed by atoms with Crippen LogP contribution in [0.25, 0.3) is 0 Å². The number of aryl methyl sites for hydroxylation is 1. The number of nitrogens with zero attached hydrogens (tertiary/aromatic N) is 3. The topological polar surface area (TPSA) is 79.4 Å². The molecule has 7 heteroatoms. The molecule has 0 saturated heterocycles. The molecule has 1 heterocycles. The summed E-state index contributed by atoms with van der Waals surface area (Å²) in [6, 6.07) is 7.22. The summed E-state index contributed by atoms with van der Waals surface area (Å²) in [4.78, 5) is 22.7. The molecule has 7 nitrogen and oxygen atoms in total. The van der Waals surface area contributed by atoms with Gasteiger partial charge in [0.2, 0.25) is 0 Å². The predicted octanol–water partition coefficient (Wildman–Crippen LogP) is 2.47. The maximum Gasteiger partial charge on any atom is 0.319 e. The van der Waals surface area contributed by atoms with Gasteiger partial charge in [0.1, 0.15) is 11.6 Å². The summed E-state index contributed by atoms with van der Waals surface area (Å²) in [6.07, 6.45) is 3.98. The van der Waals surface area contributed by atoms with E-state index in [-0.39, 0.29) is 12.1 Å². The molecule has 0 spiro atoms. The molecule has 1 atom stereocenters. The van der Waals surface area contributed by atoms with Crippen LogP contribution in [0.3, 0.4) is 0 Å². The lowest BCUT2D eigenvalue weighted by Crippen LogP contribution is -2.37. The number of likely N-dealkylation sites (N-methyl/N-ethyl adjacent to an activating group) is 1. The van der Waals surface area contributed by atoms with Crippen LogP contribution >= 0.6 is 0 Å². The minimum Gasteiger partial charge on any atom is -0.497 e. The van der Waals surface area contributed by atoms with Gasteiger partial charge in [0.05, 0.1) is 31.2 Å². The number of methoxy groups -OCH3 is 1. The lowest BCUT2D eigenvalue weighted by atomic mass is 10.1. The molecule has 0 aliphatic rings. The van der Waals surface area contributed by atoms with Crippen molar-refractivity contribution in [2.45, 2.75) is 19.4 Å². The molecule has 0 radical (unpaired) electrons. The standard InChI is InChI=1S/C18H25N5O2/c1-5-17-19-10-14(11-20-17)21-18(24)22-16(12-23(2)3)13-6-8-15(25-4)9-7-13/h6-11,16H,5,12H2,1-4H3,(H2,21,22,24). The van der Waals surface area contributed by atoms with Gasteiger partial charge >= 0.3 is 6.03 Å². The quantitative estimate of drug-likeness (QED) is 0.807. The van der Waals surface area contributed by atoms with E-state index < -0.39 is 0 Å². The number of urea groups is 1. The van der Waals surface area contributed by atoms with Crippen LogP contribution < -0.4 is 15.4 Å². The average Bonchev–Trinajstić information content (AvgIpc) is 2.61. The first-order chi connectivity index (χ1) is 12.0. The zero-order valence-electron chi connectivity index (χ0n) is 15.1. The van der Waals surface area contributed by atoms with Gasteiger partial charge in [0.15, 0.2) is 0 Å². The van der Waals surface area contributed by atoms with Crippen molar-refractivity contribution < 1.29 is 9.53 Å². The molecule has 0 fully saturated rings. The van der Waals surface area contributed by atoms with Crippen molar-refractivity contribution in [2.75, 3.05) is 33.1 Å². The Kier molecular flexibility index (Phi) is 6.71. The third kappa shape index (κ3) is 5.72. The summed E-state index contributed by atoms with van der Waals surface area (Å²) in [5.74, 6) is 1.53. The molecule has 0 bridgehead atoms. The third-order valence-corrected chi connectivity index (χ3v) is 3.65. The number of carbonyl (C=O) groups is 1. The number of amides is 2. The monoisotopic (exact) mass is 343 g/mol. The summed E-state index contributed by atoms with van der Waals surface area (Å²) in [5.41, 5.74) is 1.57. The van der Waals surface area contributed by atoms with E-state index in [1.165, 1.54) is 0 Å². The highest BCUT2D eigenvalue weighted by molar-refractivity contribution is 5.89. The second-order valence-corrected chi connectivity index (χ2v) is 5.93. The fourth-order valence-corrected chi connectivity index (χ4v) is 2.36. The first-order valence-electron chi connectivity index (χ1n) is 8.19. The molecule has 1 unspecified atom stereocenters. The van der Waals surface area contributed by atoms with Crippen LogP contribution in [0, 0.1) is 0 Å². The van der Waals surface area contributed by atoms with Crippen molar-refractivity contribution >= 4 is 11.7 Å². The predicted molar refractivity (Wildman–Crippen MR) is 97.9 cm³/mol. The Labute approximate surface area is 148 Å². The van der Waals surface area contributed by atoms with Crippen molar-refractivity contribution in [3.05, 3.63) is 48.0 Å². The van der Waals surface area contributed by atoms with Crippen molar-refractivity contribution in [2.24, 2.45) is 0 Å². The highest BCUT2D eigenvalue weighted by atomic mass is 16.5. The normalized spacial score (nSPS) is 11.9.